The summed E-state index contributed by atoms with van der Waals surface area (Å²) in [4.78, 5) is 22.7. The number of hydrogen-bond donors (Lipinski definition) is 2. The fourth-order valence-corrected chi connectivity index (χ4v) is 5.23. The van der Waals surface area contributed by atoms with Gasteiger partial charge in [0.15, 0.2) is 0 Å². The molecular formula is C23H25F3N4O2S. The first kappa shape index (κ1) is 23.3. The van der Waals surface area contributed by atoms with Crippen LogP contribution in [0.25, 0.3) is 10.2 Å². The summed E-state index contributed by atoms with van der Waals surface area (Å²) in [5.41, 5.74) is 1.16. The largest absolute Gasteiger partial charge is 0.478 e. The average molecular weight is 479 g/mol. The summed E-state index contributed by atoms with van der Waals surface area (Å²) >= 11 is 1.08. The predicted molar refractivity (Wildman–Crippen MR) is 123 cm³/mol. The van der Waals surface area contributed by atoms with Crippen LogP contribution in [-0.4, -0.2) is 46.4 Å². The van der Waals surface area contributed by atoms with Gasteiger partial charge in [-0.2, -0.15) is 13.2 Å². The first-order chi connectivity index (χ1) is 15.8. The zero-order chi connectivity index (χ0) is 23.4. The number of thiophene rings is 1. The number of fused-ring (bicyclic) bond motifs is 1. The molecule has 1 aliphatic rings. The number of halogens is 3. The van der Waals surface area contributed by atoms with Gasteiger partial charge in [0, 0.05) is 29.7 Å². The van der Waals surface area contributed by atoms with Crippen molar-refractivity contribution in [3.63, 3.8) is 0 Å². The standard InChI is InChI=1S/C23H25F3N4O2S/c24-23(25,26)13-18-12-19-20(27-14-28-21(19)33-18)30-10-2-1-4-16(5-3-11-30)29-17-8-6-15(7-9-17)22(31)32/h6-9,12,14,16,29H,1-5,10-11,13H2,(H,31,32). The molecule has 2 N–H and O–H groups in total. The Morgan fingerprint density at radius 3 is 2.58 bits per heavy atom. The van der Waals surface area contributed by atoms with E-state index in [1.165, 1.54) is 6.33 Å². The summed E-state index contributed by atoms with van der Waals surface area (Å²) in [7, 11) is 0. The Labute approximate surface area is 193 Å². The van der Waals surface area contributed by atoms with Crippen molar-refractivity contribution in [1.29, 1.82) is 0 Å². The summed E-state index contributed by atoms with van der Waals surface area (Å²) in [5.74, 6) is -0.237. The first-order valence-corrected chi connectivity index (χ1v) is 11.8. The number of carbonyl (C=O) groups is 1. The molecule has 0 aliphatic carbocycles. The van der Waals surface area contributed by atoms with Gasteiger partial charge in [0.25, 0.3) is 0 Å². The number of hydrogen-bond acceptors (Lipinski definition) is 6. The molecule has 1 unspecified atom stereocenters. The Kier molecular flexibility index (Phi) is 7.02. The lowest BCUT2D eigenvalue weighted by Crippen LogP contribution is -2.27. The molecule has 0 radical (unpaired) electrons. The van der Waals surface area contributed by atoms with Crippen LogP contribution in [-0.2, 0) is 6.42 Å². The van der Waals surface area contributed by atoms with Gasteiger partial charge in [-0.3, -0.25) is 0 Å². The van der Waals surface area contributed by atoms with Crippen LogP contribution >= 0.6 is 11.3 Å². The summed E-state index contributed by atoms with van der Waals surface area (Å²) in [6, 6.07) is 8.61. The maximum absolute atomic E-state index is 12.8. The molecule has 0 amide bonds. The van der Waals surface area contributed by atoms with Crippen molar-refractivity contribution in [2.45, 2.75) is 50.7 Å². The average Bonchev–Trinajstić information content (AvgIpc) is 3.19. The van der Waals surface area contributed by atoms with Crippen molar-refractivity contribution >= 4 is 39.0 Å². The van der Waals surface area contributed by atoms with Gasteiger partial charge in [-0.25, -0.2) is 14.8 Å². The summed E-state index contributed by atoms with van der Waals surface area (Å²) in [6.45, 7) is 1.54. The van der Waals surface area contributed by atoms with Crippen molar-refractivity contribution in [1.82, 2.24) is 9.97 Å². The van der Waals surface area contributed by atoms with E-state index in [-0.39, 0.29) is 16.5 Å². The normalized spacial score (nSPS) is 17.9. The number of carboxylic acids is 1. The van der Waals surface area contributed by atoms with E-state index in [1.54, 1.807) is 30.3 Å². The number of anilines is 2. The Morgan fingerprint density at radius 2 is 1.85 bits per heavy atom. The van der Waals surface area contributed by atoms with E-state index in [2.05, 4.69) is 20.2 Å². The fourth-order valence-electron chi connectivity index (χ4n) is 4.21. The van der Waals surface area contributed by atoms with E-state index in [0.717, 1.165) is 62.2 Å². The summed E-state index contributed by atoms with van der Waals surface area (Å²) < 4.78 is 38.5. The molecule has 176 valence electrons. The van der Waals surface area contributed by atoms with Gasteiger partial charge >= 0.3 is 12.1 Å². The molecule has 2 aromatic heterocycles. The molecular weight excluding hydrogens is 453 g/mol. The Balaban J connectivity index is 1.43. The van der Waals surface area contributed by atoms with Crippen LogP contribution in [0.5, 0.6) is 0 Å². The molecule has 10 heteroatoms. The minimum atomic E-state index is -4.25. The number of aromatic nitrogens is 2. The molecule has 0 saturated carbocycles. The molecule has 1 saturated heterocycles. The number of nitrogens with one attached hydrogen (secondary N) is 1. The second-order valence-corrected chi connectivity index (χ2v) is 9.38. The number of aromatic carboxylic acids is 1. The highest BCUT2D eigenvalue weighted by atomic mass is 32.1. The lowest BCUT2D eigenvalue weighted by Gasteiger charge is -2.23. The smallest absolute Gasteiger partial charge is 0.393 e. The molecule has 0 bridgehead atoms. The Bertz CT molecular complexity index is 1100. The maximum atomic E-state index is 12.8. The number of carboxylic acid groups (broad SMARTS) is 1. The Morgan fingerprint density at radius 1 is 1.12 bits per heavy atom. The summed E-state index contributed by atoms with van der Waals surface area (Å²) in [6.07, 6.45) is 0.992. The monoisotopic (exact) mass is 478 g/mol. The molecule has 1 aromatic carbocycles. The minimum Gasteiger partial charge on any atom is -0.478 e. The molecule has 4 rings (SSSR count). The molecule has 0 spiro atoms. The van der Waals surface area contributed by atoms with E-state index in [1.807, 2.05) is 0 Å². The van der Waals surface area contributed by atoms with E-state index >= 15 is 0 Å². The van der Waals surface area contributed by atoms with Crippen LogP contribution in [0.4, 0.5) is 24.7 Å². The topological polar surface area (TPSA) is 78.4 Å². The molecule has 1 aliphatic heterocycles. The molecule has 33 heavy (non-hydrogen) atoms. The van der Waals surface area contributed by atoms with Crippen LogP contribution in [0, 0.1) is 0 Å². The van der Waals surface area contributed by atoms with Crippen molar-refractivity contribution < 1.29 is 23.1 Å². The van der Waals surface area contributed by atoms with E-state index in [4.69, 9.17) is 5.11 Å². The zero-order valence-corrected chi connectivity index (χ0v) is 18.8. The zero-order valence-electron chi connectivity index (χ0n) is 17.9. The van der Waals surface area contributed by atoms with Gasteiger partial charge in [-0.15, -0.1) is 11.3 Å². The minimum absolute atomic E-state index is 0.252. The number of alkyl halides is 3. The summed E-state index contributed by atoms with van der Waals surface area (Å²) in [5, 5.41) is 13.2. The Hall–Kier alpha value is -2.88. The van der Waals surface area contributed by atoms with Gasteiger partial charge in [0.1, 0.15) is 17.0 Å². The predicted octanol–water partition coefficient (Wildman–Crippen LogP) is 5.75. The quantitative estimate of drug-likeness (QED) is 0.487. The van der Waals surface area contributed by atoms with E-state index in [9.17, 15) is 18.0 Å². The van der Waals surface area contributed by atoms with Crippen LogP contribution < -0.4 is 10.2 Å². The van der Waals surface area contributed by atoms with Crippen LogP contribution in [0.3, 0.4) is 0 Å². The number of nitrogens with zero attached hydrogens (tertiary/aromatic N) is 3. The van der Waals surface area contributed by atoms with Crippen molar-refractivity contribution in [3.8, 4) is 0 Å². The lowest BCUT2D eigenvalue weighted by atomic mass is 10.0. The molecule has 1 atom stereocenters. The van der Waals surface area contributed by atoms with Gasteiger partial charge in [-0.1, -0.05) is 0 Å². The molecule has 1 fully saturated rings. The van der Waals surface area contributed by atoms with Crippen molar-refractivity contribution in [2.75, 3.05) is 23.3 Å². The fraction of sp³-hybridized carbons (Fsp3) is 0.435. The third-order valence-electron chi connectivity index (χ3n) is 5.75. The number of benzene rings is 1. The van der Waals surface area contributed by atoms with Crippen LogP contribution in [0.1, 0.15) is 47.3 Å². The second kappa shape index (κ2) is 9.94. The van der Waals surface area contributed by atoms with Crippen molar-refractivity contribution in [3.05, 3.63) is 47.1 Å². The molecule has 6 nitrogen and oxygen atoms in total. The van der Waals surface area contributed by atoms with E-state index in [0.29, 0.717) is 16.0 Å². The van der Waals surface area contributed by atoms with Gasteiger partial charge in [-0.05, 0) is 62.4 Å². The van der Waals surface area contributed by atoms with Crippen LogP contribution in [0.2, 0.25) is 0 Å². The molecule has 3 heterocycles. The van der Waals surface area contributed by atoms with Crippen LogP contribution in [0.15, 0.2) is 36.7 Å². The van der Waals surface area contributed by atoms with Gasteiger partial charge < -0.3 is 15.3 Å². The molecule has 3 aromatic rings. The maximum Gasteiger partial charge on any atom is 0.393 e. The second-order valence-electron chi connectivity index (χ2n) is 8.27. The lowest BCUT2D eigenvalue weighted by molar-refractivity contribution is -0.126. The first-order valence-electron chi connectivity index (χ1n) is 10.9. The third-order valence-corrected chi connectivity index (χ3v) is 6.79. The number of rotatable bonds is 5. The van der Waals surface area contributed by atoms with Crippen molar-refractivity contribution in [2.24, 2.45) is 0 Å². The highest BCUT2D eigenvalue weighted by Crippen LogP contribution is 2.34. The van der Waals surface area contributed by atoms with E-state index < -0.39 is 18.6 Å². The van der Waals surface area contributed by atoms with Gasteiger partial charge in [0.05, 0.1) is 17.4 Å². The highest BCUT2D eigenvalue weighted by molar-refractivity contribution is 7.18. The SMILES string of the molecule is O=C(O)c1ccc(NC2CCCCN(c3ncnc4sc(CC(F)(F)F)cc34)CCC2)cc1. The third kappa shape index (κ3) is 6.13. The highest BCUT2D eigenvalue weighted by Gasteiger charge is 2.29. The van der Waals surface area contributed by atoms with Gasteiger partial charge in [0.2, 0.25) is 0 Å².